The molecule has 0 aliphatic carbocycles. The monoisotopic (exact) mass is 471 g/mol. The van der Waals surface area contributed by atoms with Gasteiger partial charge >= 0.3 is 0 Å². The molecule has 1 aromatic carbocycles. The Morgan fingerprint density at radius 2 is 1.44 bits per heavy atom. The van der Waals surface area contributed by atoms with Gasteiger partial charge in [-0.15, -0.1) is 0 Å². The van der Waals surface area contributed by atoms with Gasteiger partial charge in [-0.05, 0) is 36.9 Å². The lowest BCUT2D eigenvalue weighted by Gasteiger charge is -2.36. The molecule has 3 N–H and O–H groups in total. The molecule has 0 bridgehead atoms. The van der Waals surface area contributed by atoms with E-state index in [2.05, 4.69) is 24.4 Å². The second-order valence-electron chi connectivity index (χ2n) is 9.94. The van der Waals surface area contributed by atoms with E-state index in [1.165, 1.54) is 62.5 Å². The summed E-state index contributed by atoms with van der Waals surface area (Å²) in [6, 6.07) is 7.82. The minimum Gasteiger partial charge on any atom is -0.354 e. The average Bonchev–Trinajstić information content (AvgIpc) is 2.86. The van der Waals surface area contributed by atoms with Crippen molar-refractivity contribution in [3.63, 3.8) is 0 Å². The van der Waals surface area contributed by atoms with Gasteiger partial charge in [0.25, 0.3) is 0 Å². The quantitative estimate of drug-likeness (QED) is 0.262. The Bertz CT molecular complexity index is 706. The molecular formula is C29H49N3O2. The molecule has 0 radical (unpaired) electrons. The van der Waals surface area contributed by atoms with E-state index in [9.17, 15) is 9.59 Å². The number of nitrogens with two attached hydrogens (primary N) is 1. The average molecular weight is 472 g/mol. The molecule has 1 atom stereocenters. The molecule has 1 aliphatic rings. The molecule has 0 spiro atoms. The Hall–Kier alpha value is -1.88. The Balaban J connectivity index is 1.76. The molecule has 1 heterocycles. The molecule has 1 aliphatic heterocycles. The number of rotatable bonds is 18. The van der Waals surface area contributed by atoms with Crippen LogP contribution in [0.25, 0.3) is 0 Å². The first-order chi connectivity index (χ1) is 16.7. The third-order valence-corrected chi connectivity index (χ3v) is 7.05. The minimum absolute atomic E-state index is 0.00949. The van der Waals surface area contributed by atoms with E-state index in [-0.39, 0.29) is 11.8 Å². The zero-order chi connectivity index (χ0) is 24.4. The van der Waals surface area contributed by atoms with Gasteiger partial charge < -0.3 is 16.0 Å². The second-order valence-corrected chi connectivity index (χ2v) is 9.94. The standard InChI is InChI=1S/C29H49N3O2/c1-2-3-4-5-6-7-8-9-10-13-20-28(33)32-24-26-19-15-14-18-25(26)23-27(32)29(34)31-22-17-12-11-16-21-30/h14-15,18-19,27H,2-13,16-17,20-24,30H2,1H3,(H,31,34). The molecule has 0 saturated heterocycles. The molecule has 5 nitrogen and oxygen atoms in total. The molecule has 34 heavy (non-hydrogen) atoms. The normalized spacial score (nSPS) is 15.2. The highest BCUT2D eigenvalue weighted by atomic mass is 16.2. The highest BCUT2D eigenvalue weighted by Gasteiger charge is 2.33. The molecule has 5 heteroatoms. The maximum atomic E-state index is 13.1. The molecule has 0 saturated carbocycles. The minimum atomic E-state index is -0.394. The van der Waals surface area contributed by atoms with Gasteiger partial charge in [0.1, 0.15) is 6.04 Å². The van der Waals surface area contributed by atoms with Crippen molar-refractivity contribution >= 4 is 11.8 Å². The summed E-state index contributed by atoms with van der Waals surface area (Å²) in [5.74, 6) is 0.113. The Morgan fingerprint density at radius 3 is 2.12 bits per heavy atom. The zero-order valence-electron chi connectivity index (χ0n) is 21.7. The van der Waals surface area contributed by atoms with Crippen LogP contribution >= 0.6 is 0 Å². The lowest BCUT2D eigenvalue weighted by atomic mass is 9.93. The topological polar surface area (TPSA) is 75.4 Å². The number of nitrogens with zero attached hydrogens (tertiary/aromatic N) is 1. The summed E-state index contributed by atoms with van der Waals surface area (Å²) < 4.78 is 0. The lowest BCUT2D eigenvalue weighted by molar-refractivity contribution is -0.142. The van der Waals surface area contributed by atoms with Crippen LogP contribution in [0.5, 0.6) is 0 Å². The van der Waals surface area contributed by atoms with Crippen LogP contribution < -0.4 is 11.1 Å². The van der Waals surface area contributed by atoms with Gasteiger partial charge in [-0.3, -0.25) is 9.59 Å². The molecular weight excluding hydrogens is 422 g/mol. The van der Waals surface area contributed by atoms with Crippen molar-refractivity contribution in [2.24, 2.45) is 5.73 Å². The van der Waals surface area contributed by atoms with Crippen LogP contribution in [0, 0.1) is 0 Å². The van der Waals surface area contributed by atoms with E-state index in [0.29, 0.717) is 25.9 Å². The van der Waals surface area contributed by atoms with Gasteiger partial charge in [-0.25, -0.2) is 0 Å². The highest BCUT2D eigenvalue weighted by molar-refractivity contribution is 5.88. The van der Waals surface area contributed by atoms with E-state index >= 15 is 0 Å². The molecule has 192 valence electrons. The summed E-state index contributed by atoms with van der Waals surface area (Å²) in [7, 11) is 0. The summed E-state index contributed by atoms with van der Waals surface area (Å²) in [5, 5.41) is 3.09. The van der Waals surface area contributed by atoms with Crippen LogP contribution in [0.3, 0.4) is 0 Å². The predicted molar refractivity (Wildman–Crippen MR) is 141 cm³/mol. The second kappa shape index (κ2) is 17.5. The Labute approximate surface area is 208 Å². The molecule has 0 fully saturated rings. The van der Waals surface area contributed by atoms with E-state index in [0.717, 1.165) is 45.1 Å². The van der Waals surface area contributed by atoms with Crippen LogP contribution in [0.1, 0.15) is 114 Å². The van der Waals surface area contributed by atoms with Crippen molar-refractivity contribution < 1.29 is 9.59 Å². The maximum absolute atomic E-state index is 13.1. The summed E-state index contributed by atoms with van der Waals surface area (Å²) in [6.45, 7) is 4.19. The third kappa shape index (κ3) is 10.6. The van der Waals surface area contributed by atoms with Crippen LogP contribution in [-0.4, -0.2) is 35.8 Å². The first-order valence-electron chi connectivity index (χ1n) is 14.0. The number of fused-ring (bicyclic) bond motifs is 1. The third-order valence-electron chi connectivity index (χ3n) is 7.05. The molecule has 0 aromatic heterocycles. The summed E-state index contributed by atoms with van der Waals surface area (Å²) in [4.78, 5) is 28.0. The summed E-state index contributed by atoms with van der Waals surface area (Å²) in [5.41, 5.74) is 7.91. The number of unbranched alkanes of at least 4 members (excludes halogenated alkanes) is 12. The van der Waals surface area contributed by atoms with E-state index in [1.807, 2.05) is 17.0 Å². The SMILES string of the molecule is CCCCCCCCCCCCC(=O)N1Cc2ccccc2CC1C(=O)NCCCCCCN. The highest BCUT2D eigenvalue weighted by Crippen LogP contribution is 2.25. The van der Waals surface area contributed by atoms with E-state index < -0.39 is 6.04 Å². The number of carbonyl (C=O) groups excluding carboxylic acids is 2. The predicted octanol–water partition coefficient (Wildman–Crippen LogP) is 5.89. The fourth-order valence-corrected chi connectivity index (χ4v) is 4.88. The lowest BCUT2D eigenvalue weighted by Crippen LogP contribution is -2.52. The number of benzene rings is 1. The van der Waals surface area contributed by atoms with Crippen LogP contribution in [0.15, 0.2) is 24.3 Å². The van der Waals surface area contributed by atoms with Gasteiger partial charge in [0.05, 0.1) is 0 Å². The van der Waals surface area contributed by atoms with Gasteiger partial charge in [0.2, 0.25) is 11.8 Å². The van der Waals surface area contributed by atoms with Crippen LogP contribution in [-0.2, 0) is 22.6 Å². The zero-order valence-corrected chi connectivity index (χ0v) is 21.7. The summed E-state index contributed by atoms with van der Waals surface area (Å²) >= 11 is 0. The van der Waals surface area contributed by atoms with E-state index in [1.54, 1.807) is 0 Å². The fraction of sp³-hybridized carbons (Fsp3) is 0.724. The molecule has 2 rings (SSSR count). The van der Waals surface area contributed by atoms with E-state index in [4.69, 9.17) is 5.73 Å². The van der Waals surface area contributed by atoms with Crippen LogP contribution in [0.2, 0.25) is 0 Å². The molecule has 1 unspecified atom stereocenters. The Morgan fingerprint density at radius 1 is 0.853 bits per heavy atom. The maximum Gasteiger partial charge on any atom is 0.243 e. The van der Waals surface area contributed by atoms with Crippen molar-refractivity contribution in [1.82, 2.24) is 10.2 Å². The van der Waals surface area contributed by atoms with Gasteiger partial charge in [0, 0.05) is 25.9 Å². The van der Waals surface area contributed by atoms with Gasteiger partial charge in [0.15, 0.2) is 0 Å². The molecule has 2 amide bonds. The Kier molecular flexibility index (Phi) is 14.6. The van der Waals surface area contributed by atoms with Crippen molar-refractivity contribution in [1.29, 1.82) is 0 Å². The van der Waals surface area contributed by atoms with Crippen molar-refractivity contribution in [2.45, 2.75) is 122 Å². The van der Waals surface area contributed by atoms with Crippen molar-refractivity contribution in [3.8, 4) is 0 Å². The van der Waals surface area contributed by atoms with Gasteiger partial charge in [-0.2, -0.15) is 0 Å². The first-order valence-corrected chi connectivity index (χ1v) is 14.0. The number of hydrogen-bond acceptors (Lipinski definition) is 3. The van der Waals surface area contributed by atoms with Crippen molar-refractivity contribution in [2.75, 3.05) is 13.1 Å². The van der Waals surface area contributed by atoms with Crippen LogP contribution in [0.4, 0.5) is 0 Å². The largest absolute Gasteiger partial charge is 0.354 e. The number of carbonyl (C=O) groups is 2. The number of hydrogen-bond donors (Lipinski definition) is 2. The smallest absolute Gasteiger partial charge is 0.243 e. The number of nitrogens with one attached hydrogen (secondary N) is 1. The van der Waals surface area contributed by atoms with Crippen molar-refractivity contribution in [3.05, 3.63) is 35.4 Å². The summed E-state index contributed by atoms with van der Waals surface area (Å²) in [6.07, 6.45) is 17.9. The number of amides is 2. The molecule has 1 aromatic rings. The first kappa shape index (κ1) is 28.4. The fourth-order valence-electron chi connectivity index (χ4n) is 4.88. The van der Waals surface area contributed by atoms with Gasteiger partial charge in [-0.1, -0.05) is 102 Å².